The smallest absolute Gasteiger partial charge is 0.256 e. The zero-order chi connectivity index (χ0) is 18.8. The lowest BCUT2D eigenvalue weighted by Crippen LogP contribution is -2.13. The third-order valence-corrected chi connectivity index (χ3v) is 4.94. The SMILES string of the molecule is Cc1ccc(-c2cc(C(=O)Nc3ccc(Br)cc3)c3ccccc3n2)cc1. The van der Waals surface area contributed by atoms with Gasteiger partial charge >= 0.3 is 0 Å². The molecule has 0 unspecified atom stereocenters. The van der Waals surface area contributed by atoms with E-state index in [-0.39, 0.29) is 5.91 Å². The molecule has 0 aliphatic carbocycles. The highest BCUT2D eigenvalue weighted by atomic mass is 79.9. The predicted octanol–water partition coefficient (Wildman–Crippen LogP) is 6.23. The summed E-state index contributed by atoms with van der Waals surface area (Å²) in [4.78, 5) is 17.8. The highest BCUT2D eigenvalue weighted by Crippen LogP contribution is 2.26. The van der Waals surface area contributed by atoms with Crippen molar-refractivity contribution >= 4 is 38.4 Å². The number of anilines is 1. The number of fused-ring (bicyclic) bond motifs is 1. The molecule has 132 valence electrons. The van der Waals surface area contributed by atoms with E-state index in [1.165, 1.54) is 5.56 Å². The lowest BCUT2D eigenvalue weighted by atomic mass is 10.0. The number of carbonyl (C=O) groups excluding carboxylic acids is 1. The van der Waals surface area contributed by atoms with Crippen molar-refractivity contribution in [1.29, 1.82) is 0 Å². The molecule has 1 aromatic heterocycles. The molecular weight excluding hydrogens is 400 g/mol. The van der Waals surface area contributed by atoms with Crippen molar-refractivity contribution in [1.82, 2.24) is 4.98 Å². The number of amides is 1. The fourth-order valence-corrected chi connectivity index (χ4v) is 3.23. The van der Waals surface area contributed by atoms with Crippen LogP contribution >= 0.6 is 15.9 Å². The van der Waals surface area contributed by atoms with Gasteiger partial charge in [-0.25, -0.2) is 4.98 Å². The van der Waals surface area contributed by atoms with E-state index in [9.17, 15) is 4.79 Å². The molecule has 4 rings (SSSR count). The van der Waals surface area contributed by atoms with Crippen LogP contribution in [0.2, 0.25) is 0 Å². The van der Waals surface area contributed by atoms with Gasteiger partial charge in [0.1, 0.15) is 0 Å². The second-order valence-corrected chi connectivity index (χ2v) is 7.31. The first-order chi connectivity index (χ1) is 13.1. The van der Waals surface area contributed by atoms with Crippen LogP contribution in [0.3, 0.4) is 0 Å². The van der Waals surface area contributed by atoms with Crippen molar-refractivity contribution in [2.45, 2.75) is 6.92 Å². The number of rotatable bonds is 3. The minimum Gasteiger partial charge on any atom is -0.322 e. The summed E-state index contributed by atoms with van der Waals surface area (Å²) >= 11 is 3.41. The maximum absolute atomic E-state index is 13.0. The Morgan fingerprint density at radius 1 is 0.926 bits per heavy atom. The van der Waals surface area contributed by atoms with Gasteiger partial charge in [-0.1, -0.05) is 64.0 Å². The summed E-state index contributed by atoms with van der Waals surface area (Å²) in [6.07, 6.45) is 0. The summed E-state index contributed by atoms with van der Waals surface area (Å²) in [7, 11) is 0. The van der Waals surface area contributed by atoms with Crippen LogP contribution in [-0.2, 0) is 0 Å². The molecule has 27 heavy (non-hydrogen) atoms. The van der Waals surface area contributed by atoms with E-state index < -0.39 is 0 Å². The number of para-hydroxylation sites is 1. The maximum atomic E-state index is 13.0. The lowest BCUT2D eigenvalue weighted by molar-refractivity contribution is 0.102. The highest BCUT2D eigenvalue weighted by molar-refractivity contribution is 9.10. The molecule has 0 aliphatic rings. The van der Waals surface area contributed by atoms with E-state index in [0.29, 0.717) is 5.56 Å². The quantitative estimate of drug-likeness (QED) is 0.430. The van der Waals surface area contributed by atoms with Crippen molar-refractivity contribution in [2.75, 3.05) is 5.32 Å². The zero-order valence-electron chi connectivity index (χ0n) is 14.7. The van der Waals surface area contributed by atoms with Gasteiger partial charge in [-0.05, 0) is 43.3 Å². The van der Waals surface area contributed by atoms with E-state index >= 15 is 0 Å². The van der Waals surface area contributed by atoms with Gasteiger partial charge in [0, 0.05) is 21.1 Å². The Balaban J connectivity index is 1.79. The molecule has 0 saturated carbocycles. The van der Waals surface area contributed by atoms with E-state index in [0.717, 1.165) is 32.3 Å². The summed E-state index contributed by atoms with van der Waals surface area (Å²) in [5.74, 6) is -0.149. The Hall–Kier alpha value is -2.98. The Morgan fingerprint density at radius 3 is 2.37 bits per heavy atom. The summed E-state index contributed by atoms with van der Waals surface area (Å²) < 4.78 is 0.969. The number of nitrogens with zero attached hydrogens (tertiary/aromatic N) is 1. The molecule has 0 radical (unpaired) electrons. The van der Waals surface area contributed by atoms with Gasteiger partial charge in [-0.15, -0.1) is 0 Å². The van der Waals surface area contributed by atoms with Crippen LogP contribution in [0.4, 0.5) is 5.69 Å². The van der Waals surface area contributed by atoms with E-state index in [2.05, 4.69) is 28.2 Å². The summed E-state index contributed by atoms with van der Waals surface area (Å²) in [5.41, 5.74) is 5.13. The average Bonchev–Trinajstić information content (AvgIpc) is 2.69. The molecule has 0 fully saturated rings. The van der Waals surface area contributed by atoms with Gasteiger partial charge in [0.2, 0.25) is 0 Å². The monoisotopic (exact) mass is 416 g/mol. The van der Waals surface area contributed by atoms with Gasteiger partial charge in [0.25, 0.3) is 5.91 Å². The molecule has 0 atom stereocenters. The summed E-state index contributed by atoms with van der Waals surface area (Å²) in [6.45, 7) is 2.05. The fourth-order valence-electron chi connectivity index (χ4n) is 2.97. The molecule has 0 spiro atoms. The maximum Gasteiger partial charge on any atom is 0.256 e. The largest absolute Gasteiger partial charge is 0.322 e. The van der Waals surface area contributed by atoms with Crippen LogP contribution in [0.5, 0.6) is 0 Å². The van der Waals surface area contributed by atoms with Crippen LogP contribution in [0.1, 0.15) is 15.9 Å². The van der Waals surface area contributed by atoms with E-state index in [4.69, 9.17) is 4.98 Å². The number of aryl methyl sites for hydroxylation is 1. The van der Waals surface area contributed by atoms with Crippen LogP contribution in [0, 0.1) is 6.92 Å². The topological polar surface area (TPSA) is 42.0 Å². The Morgan fingerprint density at radius 2 is 1.63 bits per heavy atom. The first-order valence-electron chi connectivity index (χ1n) is 8.64. The number of hydrogen-bond acceptors (Lipinski definition) is 2. The second kappa shape index (κ2) is 7.33. The number of hydrogen-bond donors (Lipinski definition) is 1. The van der Waals surface area contributed by atoms with Crippen molar-refractivity contribution in [2.24, 2.45) is 0 Å². The second-order valence-electron chi connectivity index (χ2n) is 6.40. The van der Waals surface area contributed by atoms with Gasteiger partial charge in [-0.3, -0.25) is 4.79 Å². The molecule has 0 saturated heterocycles. The molecule has 0 bridgehead atoms. The number of halogens is 1. The highest BCUT2D eigenvalue weighted by Gasteiger charge is 2.14. The number of pyridine rings is 1. The van der Waals surface area contributed by atoms with Crippen LogP contribution < -0.4 is 5.32 Å². The van der Waals surface area contributed by atoms with E-state index in [1.54, 1.807) is 0 Å². The molecule has 3 nitrogen and oxygen atoms in total. The van der Waals surface area contributed by atoms with Crippen molar-refractivity contribution in [3.63, 3.8) is 0 Å². The molecule has 3 aromatic carbocycles. The van der Waals surface area contributed by atoms with Crippen molar-refractivity contribution < 1.29 is 4.79 Å². The third-order valence-electron chi connectivity index (χ3n) is 4.41. The molecule has 4 aromatic rings. The first-order valence-corrected chi connectivity index (χ1v) is 9.43. The number of carbonyl (C=O) groups is 1. The Kier molecular flexibility index (Phi) is 4.73. The van der Waals surface area contributed by atoms with Gasteiger partial charge in [0.15, 0.2) is 0 Å². The lowest BCUT2D eigenvalue weighted by Gasteiger charge is -2.11. The minimum atomic E-state index is -0.149. The number of aromatic nitrogens is 1. The molecule has 1 heterocycles. The van der Waals surface area contributed by atoms with Crippen LogP contribution in [0.25, 0.3) is 22.2 Å². The van der Waals surface area contributed by atoms with Gasteiger partial charge in [0.05, 0.1) is 16.8 Å². The normalized spacial score (nSPS) is 10.7. The van der Waals surface area contributed by atoms with Gasteiger partial charge < -0.3 is 5.32 Å². The predicted molar refractivity (Wildman–Crippen MR) is 114 cm³/mol. The van der Waals surface area contributed by atoms with Crippen LogP contribution in [-0.4, -0.2) is 10.9 Å². The molecule has 0 aliphatic heterocycles. The minimum absolute atomic E-state index is 0.149. The third kappa shape index (κ3) is 3.76. The molecule has 4 heteroatoms. The standard InChI is InChI=1S/C23H17BrN2O/c1-15-6-8-16(9-7-15)22-14-20(19-4-2-3-5-21(19)26-22)23(27)25-18-12-10-17(24)11-13-18/h2-14H,1H3,(H,25,27). The number of benzene rings is 3. The Bertz CT molecular complexity index is 1120. The number of nitrogens with one attached hydrogen (secondary N) is 1. The Labute approximate surface area is 166 Å². The zero-order valence-corrected chi connectivity index (χ0v) is 16.3. The fraction of sp³-hybridized carbons (Fsp3) is 0.0435. The van der Waals surface area contributed by atoms with Gasteiger partial charge in [-0.2, -0.15) is 0 Å². The first kappa shape index (κ1) is 17.4. The molecule has 1 N–H and O–H groups in total. The summed E-state index contributed by atoms with van der Waals surface area (Å²) in [5, 5.41) is 3.81. The molecule has 1 amide bonds. The van der Waals surface area contributed by atoms with Crippen LogP contribution in [0.15, 0.2) is 83.3 Å². The summed E-state index contributed by atoms with van der Waals surface area (Å²) in [6, 6.07) is 25.3. The van der Waals surface area contributed by atoms with Crippen molar-refractivity contribution in [3.05, 3.63) is 94.5 Å². The van der Waals surface area contributed by atoms with E-state index in [1.807, 2.05) is 78.9 Å². The molecular formula is C23H17BrN2O. The van der Waals surface area contributed by atoms with Crippen molar-refractivity contribution in [3.8, 4) is 11.3 Å². The average molecular weight is 417 g/mol.